The lowest BCUT2D eigenvalue weighted by Gasteiger charge is -2.55. The SMILES string of the molecule is CC1(C)C2=CC3C(c4ccccc4)CC([Si](C)(C)N(C4CCCCC4)C(C)(C)C)C3C=C2c2ccccc21. The summed E-state index contributed by atoms with van der Waals surface area (Å²) >= 11 is 0. The zero-order valence-electron chi connectivity index (χ0n) is 24.9. The molecule has 0 spiro atoms. The molecule has 0 heterocycles. The second-order valence-electron chi connectivity index (χ2n) is 14.8. The van der Waals surface area contributed by atoms with Crippen LogP contribution in [0.3, 0.4) is 0 Å². The Kier molecular flexibility index (Phi) is 6.47. The first kappa shape index (κ1) is 26.3. The fourth-order valence-electron chi connectivity index (χ4n) is 9.55. The first-order valence-corrected chi connectivity index (χ1v) is 18.4. The van der Waals surface area contributed by atoms with Crippen molar-refractivity contribution in [2.75, 3.05) is 0 Å². The molecule has 4 aliphatic carbocycles. The number of hydrogen-bond donors (Lipinski definition) is 0. The molecule has 6 rings (SSSR count). The molecule has 0 saturated heterocycles. The minimum atomic E-state index is -1.82. The van der Waals surface area contributed by atoms with E-state index < -0.39 is 8.24 Å². The molecule has 0 aliphatic heterocycles. The van der Waals surface area contributed by atoms with Crippen LogP contribution in [0, 0.1) is 11.8 Å². The Labute approximate surface area is 233 Å². The van der Waals surface area contributed by atoms with Gasteiger partial charge in [-0.3, -0.25) is 0 Å². The average Bonchev–Trinajstić information content (AvgIpc) is 3.37. The summed E-state index contributed by atoms with van der Waals surface area (Å²) in [5.41, 5.74) is 8.74. The van der Waals surface area contributed by atoms with Crippen molar-refractivity contribution in [1.29, 1.82) is 0 Å². The van der Waals surface area contributed by atoms with E-state index >= 15 is 0 Å². The Hall–Kier alpha value is -1.90. The molecule has 2 fully saturated rings. The van der Waals surface area contributed by atoms with Gasteiger partial charge in [-0.2, -0.15) is 0 Å². The summed E-state index contributed by atoms with van der Waals surface area (Å²) in [4.78, 5) is 0. The second kappa shape index (κ2) is 9.34. The number of allylic oxidation sites excluding steroid dienone is 4. The van der Waals surface area contributed by atoms with Gasteiger partial charge in [0.15, 0.2) is 0 Å². The first-order valence-electron chi connectivity index (χ1n) is 15.4. The summed E-state index contributed by atoms with van der Waals surface area (Å²) in [5, 5.41) is 0. The zero-order valence-corrected chi connectivity index (χ0v) is 25.9. The van der Waals surface area contributed by atoms with Crippen molar-refractivity contribution in [3.05, 3.63) is 89.0 Å². The van der Waals surface area contributed by atoms with Gasteiger partial charge in [0.25, 0.3) is 0 Å². The molecule has 1 nitrogen and oxygen atoms in total. The molecule has 38 heavy (non-hydrogen) atoms. The Morgan fingerprint density at radius 3 is 2.16 bits per heavy atom. The Morgan fingerprint density at radius 2 is 1.47 bits per heavy atom. The van der Waals surface area contributed by atoms with Gasteiger partial charge in [-0.1, -0.05) is 113 Å². The van der Waals surface area contributed by atoms with Crippen LogP contribution in [0.25, 0.3) is 5.57 Å². The van der Waals surface area contributed by atoms with E-state index in [4.69, 9.17) is 0 Å². The maximum Gasteiger partial charge on any atom is 0.126 e. The van der Waals surface area contributed by atoms with Crippen LogP contribution in [0.4, 0.5) is 0 Å². The zero-order chi connectivity index (χ0) is 26.9. The summed E-state index contributed by atoms with van der Waals surface area (Å²) in [6, 6.07) is 21.5. The lowest BCUT2D eigenvalue weighted by atomic mass is 9.73. The van der Waals surface area contributed by atoms with E-state index in [2.05, 4.69) is 119 Å². The molecule has 2 saturated carbocycles. The lowest BCUT2D eigenvalue weighted by molar-refractivity contribution is 0.140. The fraction of sp³-hybridized carbons (Fsp3) is 0.556. The highest BCUT2D eigenvalue weighted by Crippen LogP contribution is 2.62. The highest BCUT2D eigenvalue weighted by molar-refractivity contribution is 6.76. The van der Waals surface area contributed by atoms with Gasteiger partial charge in [0.2, 0.25) is 0 Å². The Bertz CT molecular complexity index is 1240. The largest absolute Gasteiger partial charge is 0.316 e. The molecule has 0 aromatic heterocycles. The molecule has 4 aliphatic rings. The quantitative estimate of drug-likeness (QED) is 0.360. The molecule has 4 atom stereocenters. The van der Waals surface area contributed by atoms with Crippen molar-refractivity contribution in [3.8, 4) is 0 Å². The Balaban J connectivity index is 1.47. The molecule has 2 heteroatoms. The fourth-order valence-corrected chi connectivity index (χ4v) is 14.9. The van der Waals surface area contributed by atoms with Crippen LogP contribution in [-0.2, 0) is 5.41 Å². The van der Waals surface area contributed by atoms with Crippen LogP contribution in [0.15, 0.2) is 72.3 Å². The maximum absolute atomic E-state index is 3.12. The lowest BCUT2D eigenvalue weighted by Crippen LogP contribution is -2.64. The highest BCUT2D eigenvalue weighted by Gasteiger charge is 2.56. The van der Waals surface area contributed by atoms with E-state index in [1.165, 1.54) is 49.7 Å². The molecule has 0 N–H and O–H groups in total. The van der Waals surface area contributed by atoms with Crippen molar-refractivity contribution in [3.63, 3.8) is 0 Å². The van der Waals surface area contributed by atoms with Crippen LogP contribution in [0.2, 0.25) is 18.6 Å². The van der Waals surface area contributed by atoms with Crippen molar-refractivity contribution in [1.82, 2.24) is 4.57 Å². The topological polar surface area (TPSA) is 3.24 Å². The standard InChI is InChI=1S/C36H49NSi/c1-35(2,3)37(26-18-12-9-13-19-26)38(6,7)34-24-28(25-16-10-8-11-17-25)29-23-33-30(22-31(29)34)27-20-14-15-21-32(27)36(33,4)5/h8,10-11,14-17,20-23,26,28-29,31,34H,9,12-13,18-19,24H2,1-7H3. The van der Waals surface area contributed by atoms with Crippen molar-refractivity contribution >= 4 is 13.8 Å². The summed E-state index contributed by atoms with van der Waals surface area (Å²) in [6.07, 6.45) is 13.9. The average molecular weight is 524 g/mol. The van der Waals surface area contributed by atoms with Gasteiger partial charge < -0.3 is 4.57 Å². The molecule has 202 valence electrons. The van der Waals surface area contributed by atoms with Gasteiger partial charge in [-0.15, -0.1) is 0 Å². The molecular weight excluding hydrogens is 474 g/mol. The van der Waals surface area contributed by atoms with Gasteiger partial charge in [-0.25, -0.2) is 0 Å². The predicted octanol–water partition coefficient (Wildman–Crippen LogP) is 9.73. The van der Waals surface area contributed by atoms with Crippen molar-refractivity contribution in [2.45, 2.75) is 115 Å². The van der Waals surface area contributed by atoms with Gasteiger partial charge in [-0.05, 0) is 91.2 Å². The van der Waals surface area contributed by atoms with E-state index in [-0.39, 0.29) is 11.0 Å². The van der Waals surface area contributed by atoms with E-state index in [1.54, 1.807) is 16.7 Å². The number of hydrogen-bond acceptors (Lipinski definition) is 1. The third-order valence-electron chi connectivity index (χ3n) is 10.9. The van der Waals surface area contributed by atoms with E-state index in [0.29, 0.717) is 17.8 Å². The van der Waals surface area contributed by atoms with Crippen LogP contribution in [0.5, 0.6) is 0 Å². The summed E-state index contributed by atoms with van der Waals surface area (Å²) in [5.74, 6) is 1.82. The summed E-state index contributed by atoms with van der Waals surface area (Å²) in [7, 11) is -1.82. The van der Waals surface area contributed by atoms with E-state index in [1.807, 2.05) is 0 Å². The number of nitrogens with zero attached hydrogens (tertiary/aromatic N) is 1. The molecule has 2 aromatic rings. The molecule has 0 amide bonds. The molecule has 4 unspecified atom stereocenters. The van der Waals surface area contributed by atoms with Crippen molar-refractivity contribution < 1.29 is 0 Å². The molecule has 0 bridgehead atoms. The van der Waals surface area contributed by atoms with Crippen LogP contribution < -0.4 is 0 Å². The molecule has 2 aromatic carbocycles. The normalized spacial score (nSPS) is 28.9. The smallest absolute Gasteiger partial charge is 0.126 e. The number of rotatable bonds is 4. The summed E-state index contributed by atoms with van der Waals surface area (Å²) < 4.78 is 3.12. The van der Waals surface area contributed by atoms with Crippen LogP contribution >= 0.6 is 0 Å². The van der Waals surface area contributed by atoms with E-state index in [0.717, 1.165) is 11.6 Å². The van der Waals surface area contributed by atoms with Crippen LogP contribution in [0.1, 0.15) is 95.8 Å². The minimum absolute atomic E-state index is 0.0825. The van der Waals surface area contributed by atoms with Gasteiger partial charge in [0.05, 0.1) is 0 Å². The van der Waals surface area contributed by atoms with Crippen molar-refractivity contribution in [2.24, 2.45) is 11.8 Å². The first-order chi connectivity index (χ1) is 18.0. The van der Waals surface area contributed by atoms with E-state index in [9.17, 15) is 0 Å². The van der Waals surface area contributed by atoms with Gasteiger partial charge >= 0.3 is 0 Å². The maximum atomic E-state index is 3.12. The second-order valence-corrected chi connectivity index (χ2v) is 19.4. The van der Waals surface area contributed by atoms with Gasteiger partial charge in [0.1, 0.15) is 8.24 Å². The minimum Gasteiger partial charge on any atom is -0.316 e. The summed E-state index contributed by atoms with van der Waals surface area (Å²) in [6.45, 7) is 17.9. The number of fused-ring (bicyclic) bond motifs is 4. The Morgan fingerprint density at radius 1 is 0.816 bits per heavy atom. The molecular formula is C36H49NSi. The predicted molar refractivity (Wildman–Crippen MR) is 166 cm³/mol. The molecule has 0 radical (unpaired) electrons. The van der Waals surface area contributed by atoms with Gasteiger partial charge in [0, 0.05) is 17.0 Å². The third kappa shape index (κ3) is 4.13. The highest BCUT2D eigenvalue weighted by atomic mass is 28.3. The van der Waals surface area contributed by atoms with Crippen LogP contribution in [-0.4, -0.2) is 24.4 Å². The third-order valence-corrected chi connectivity index (χ3v) is 15.6. The number of benzene rings is 2. The monoisotopic (exact) mass is 523 g/mol.